The standard InChI is InChI=1S/C60H72O10/c1-9-59(6,69-41-57-40-68-57)46-17-15-44(16-18-46)58(4,5)45-19-25-52(26-20-45)66-38-51(62)39-67-54-29-23-49(24-30-54)60(7,47-13-11-10-12-14-47)48-21-27-53(28-22-48)65-37-50(61)35-42(2)70-56-33-31-55(32-34-56)64-36-43(3)63-8/h10-34,42-43,50-51,57,61-62H,9,35-41H2,1-8H3. The molecule has 0 aromatic heterocycles. The molecule has 0 saturated carbocycles. The van der Waals surface area contributed by atoms with Crippen LogP contribution in [0.5, 0.6) is 28.7 Å². The van der Waals surface area contributed by atoms with Gasteiger partial charge in [0, 0.05) is 24.4 Å². The SMILES string of the molecule is CCC(C)(OCC1CO1)c1ccc(C(C)(C)c2ccc(OCC(O)COc3ccc(C(C)(c4ccccc4)c4ccc(OCC(O)CC(C)Oc5ccc(OCC(C)OC)cc5)cc4)cc3)cc2)cc1. The second-order valence-electron chi connectivity index (χ2n) is 19.4. The predicted molar refractivity (Wildman–Crippen MR) is 275 cm³/mol. The number of benzene rings is 6. The molecule has 0 bridgehead atoms. The Labute approximate surface area is 415 Å². The molecule has 1 saturated heterocycles. The van der Waals surface area contributed by atoms with Crippen molar-refractivity contribution >= 4 is 0 Å². The van der Waals surface area contributed by atoms with Crippen molar-refractivity contribution in [1.29, 1.82) is 0 Å². The highest BCUT2D eigenvalue weighted by Gasteiger charge is 2.33. The molecule has 10 nitrogen and oxygen atoms in total. The number of aliphatic hydroxyl groups excluding tert-OH is 2. The number of hydrogen-bond donors (Lipinski definition) is 2. The number of epoxide rings is 1. The molecule has 7 rings (SSSR count). The lowest BCUT2D eigenvalue weighted by Crippen LogP contribution is -2.27. The van der Waals surface area contributed by atoms with E-state index in [1.807, 2.05) is 92.7 Å². The van der Waals surface area contributed by atoms with E-state index in [1.54, 1.807) is 7.11 Å². The number of aliphatic hydroxyl groups is 2. The summed E-state index contributed by atoms with van der Waals surface area (Å²) in [5.74, 6) is 3.43. The Morgan fingerprint density at radius 1 is 0.514 bits per heavy atom. The maximum absolute atomic E-state index is 10.9. The van der Waals surface area contributed by atoms with E-state index in [-0.39, 0.29) is 49.1 Å². The van der Waals surface area contributed by atoms with Gasteiger partial charge in [-0.25, -0.2) is 0 Å². The van der Waals surface area contributed by atoms with E-state index in [0.29, 0.717) is 42.6 Å². The molecule has 7 unspecified atom stereocenters. The van der Waals surface area contributed by atoms with Crippen molar-refractivity contribution < 1.29 is 48.1 Å². The molecule has 7 atom stereocenters. The molecule has 1 aliphatic heterocycles. The van der Waals surface area contributed by atoms with E-state index in [1.165, 1.54) is 5.56 Å². The van der Waals surface area contributed by atoms with E-state index < -0.39 is 17.6 Å². The van der Waals surface area contributed by atoms with Crippen LogP contribution < -0.4 is 23.7 Å². The van der Waals surface area contributed by atoms with Gasteiger partial charge < -0.3 is 48.1 Å². The Balaban J connectivity index is 0.884. The normalized spacial score (nSPS) is 17.0. The maximum Gasteiger partial charge on any atom is 0.122 e. The highest BCUT2D eigenvalue weighted by Crippen LogP contribution is 2.40. The molecule has 1 aliphatic rings. The van der Waals surface area contributed by atoms with Crippen molar-refractivity contribution in [3.63, 3.8) is 0 Å². The summed E-state index contributed by atoms with van der Waals surface area (Å²) in [6, 6.07) is 50.7. The summed E-state index contributed by atoms with van der Waals surface area (Å²) < 4.78 is 46.8. The van der Waals surface area contributed by atoms with Gasteiger partial charge in [0.05, 0.1) is 37.1 Å². The van der Waals surface area contributed by atoms with Gasteiger partial charge in [-0.15, -0.1) is 0 Å². The summed E-state index contributed by atoms with van der Waals surface area (Å²) in [5.41, 5.74) is 5.72. The first kappa shape index (κ1) is 52.0. The molecule has 6 aromatic carbocycles. The van der Waals surface area contributed by atoms with Crippen LogP contribution in [0, 0.1) is 0 Å². The van der Waals surface area contributed by atoms with Crippen molar-refractivity contribution in [3.05, 3.63) is 185 Å². The van der Waals surface area contributed by atoms with Gasteiger partial charge in [-0.05, 0) is 128 Å². The van der Waals surface area contributed by atoms with Gasteiger partial charge in [-0.3, -0.25) is 0 Å². The fourth-order valence-corrected chi connectivity index (χ4v) is 8.50. The van der Waals surface area contributed by atoms with Gasteiger partial charge in [-0.1, -0.05) is 112 Å². The summed E-state index contributed by atoms with van der Waals surface area (Å²) in [6.07, 6.45) is -0.281. The van der Waals surface area contributed by atoms with Crippen LogP contribution in [0.15, 0.2) is 152 Å². The Morgan fingerprint density at radius 2 is 0.914 bits per heavy atom. The van der Waals surface area contributed by atoms with Gasteiger partial charge in [-0.2, -0.15) is 0 Å². The third-order valence-electron chi connectivity index (χ3n) is 13.7. The van der Waals surface area contributed by atoms with Crippen LogP contribution >= 0.6 is 0 Å². The first-order valence-electron chi connectivity index (χ1n) is 24.6. The molecular weight excluding hydrogens is 881 g/mol. The van der Waals surface area contributed by atoms with E-state index in [4.69, 9.17) is 37.9 Å². The second kappa shape index (κ2) is 23.8. The van der Waals surface area contributed by atoms with Crippen LogP contribution in [0.1, 0.15) is 94.7 Å². The lowest BCUT2D eigenvalue weighted by Gasteiger charge is -2.32. The van der Waals surface area contributed by atoms with Crippen LogP contribution in [0.3, 0.4) is 0 Å². The minimum atomic E-state index is -0.836. The van der Waals surface area contributed by atoms with Gasteiger partial charge in [0.2, 0.25) is 0 Å². The van der Waals surface area contributed by atoms with Crippen molar-refractivity contribution in [3.8, 4) is 28.7 Å². The highest BCUT2D eigenvalue weighted by atomic mass is 16.6. The second-order valence-corrected chi connectivity index (χ2v) is 19.4. The molecule has 0 aliphatic carbocycles. The lowest BCUT2D eigenvalue weighted by molar-refractivity contribution is -0.0454. The molecule has 1 heterocycles. The van der Waals surface area contributed by atoms with Gasteiger partial charge in [0.15, 0.2) is 0 Å². The molecule has 372 valence electrons. The smallest absolute Gasteiger partial charge is 0.122 e. The van der Waals surface area contributed by atoms with E-state index in [2.05, 4.69) is 107 Å². The third-order valence-corrected chi connectivity index (χ3v) is 13.7. The Hall–Kier alpha value is -5.88. The van der Waals surface area contributed by atoms with Crippen LogP contribution in [-0.2, 0) is 30.6 Å². The van der Waals surface area contributed by atoms with Crippen molar-refractivity contribution in [2.24, 2.45) is 0 Å². The monoisotopic (exact) mass is 953 g/mol. The summed E-state index contributed by atoms with van der Waals surface area (Å²) in [7, 11) is 1.66. The van der Waals surface area contributed by atoms with Crippen LogP contribution in [0.25, 0.3) is 0 Å². The van der Waals surface area contributed by atoms with Crippen molar-refractivity contribution in [2.75, 3.05) is 46.8 Å². The largest absolute Gasteiger partial charge is 0.491 e. The first-order chi connectivity index (χ1) is 33.7. The molecule has 10 heteroatoms. The molecule has 1 fully saturated rings. The molecule has 0 spiro atoms. The number of hydrogen-bond acceptors (Lipinski definition) is 10. The van der Waals surface area contributed by atoms with E-state index in [9.17, 15) is 10.2 Å². The molecular formula is C60H72O10. The zero-order valence-corrected chi connectivity index (χ0v) is 42.1. The molecule has 2 N–H and O–H groups in total. The first-order valence-corrected chi connectivity index (χ1v) is 24.6. The molecule has 70 heavy (non-hydrogen) atoms. The Morgan fingerprint density at radius 3 is 1.39 bits per heavy atom. The number of rotatable bonds is 27. The zero-order valence-electron chi connectivity index (χ0n) is 42.1. The third kappa shape index (κ3) is 13.7. The van der Waals surface area contributed by atoms with Gasteiger partial charge in [0.25, 0.3) is 0 Å². The summed E-state index contributed by atoms with van der Waals surface area (Å²) in [4.78, 5) is 0. The van der Waals surface area contributed by atoms with Gasteiger partial charge in [0.1, 0.15) is 67.4 Å². The van der Waals surface area contributed by atoms with Crippen molar-refractivity contribution in [1.82, 2.24) is 0 Å². The Bertz CT molecular complexity index is 2470. The fourth-order valence-electron chi connectivity index (χ4n) is 8.50. The van der Waals surface area contributed by atoms with E-state index >= 15 is 0 Å². The van der Waals surface area contributed by atoms with Gasteiger partial charge >= 0.3 is 0 Å². The minimum Gasteiger partial charge on any atom is -0.491 e. The summed E-state index contributed by atoms with van der Waals surface area (Å²) in [5, 5.41) is 21.7. The van der Waals surface area contributed by atoms with Crippen LogP contribution in [-0.4, -0.2) is 87.5 Å². The predicted octanol–water partition coefficient (Wildman–Crippen LogP) is 11.2. The average molecular weight is 953 g/mol. The Kier molecular flexibility index (Phi) is 17.7. The molecule has 0 amide bonds. The average Bonchev–Trinajstić information content (AvgIpc) is 4.23. The summed E-state index contributed by atoms with van der Waals surface area (Å²) in [6.45, 7) is 17.0. The van der Waals surface area contributed by atoms with E-state index in [0.717, 1.165) is 46.6 Å². The zero-order chi connectivity index (χ0) is 49.7. The fraction of sp³-hybridized carbons (Fsp3) is 0.400. The van der Waals surface area contributed by atoms with Crippen molar-refractivity contribution in [2.45, 2.75) is 108 Å². The maximum atomic E-state index is 10.9. The summed E-state index contributed by atoms with van der Waals surface area (Å²) >= 11 is 0. The molecule has 6 aromatic rings. The topological polar surface area (TPSA) is 118 Å². The van der Waals surface area contributed by atoms with Crippen LogP contribution in [0.2, 0.25) is 0 Å². The molecule has 0 radical (unpaired) electrons. The number of methoxy groups -OCH3 is 1. The quantitative estimate of drug-likeness (QED) is 0.0382. The van der Waals surface area contributed by atoms with Crippen LogP contribution in [0.4, 0.5) is 0 Å². The lowest BCUT2D eigenvalue weighted by atomic mass is 9.71. The minimum absolute atomic E-state index is 0.00349. The number of ether oxygens (including phenoxy) is 8. The highest BCUT2D eigenvalue weighted by molar-refractivity contribution is 5.51.